The molecular weight excluding hydrogens is 508 g/mol. The standard InChI is InChI=1S/C40H30N2/c1-4-14-28(15-5-1)41(29-16-6-2-7-17-29)31-25-35-33-21-11-10-20-32(33)34-22-12-13-27-23-24-36-40(38(27)34)39(35)37(26-31)42(36)30-18-8-3-9-19-30/h1-6,8-16,18-25,37H,7,17,26H2/t37-/m1/s1. The second kappa shape index (κ2) is 9.22. The van der Waals surface area contributed by atoms with Crippen LogP contribution >= 0.6 is 0 Å². The number of hydrogen-bond acceptors (Lipinski definition) is 2. The van der Waals surface area contributed by atoms with Gasteiger partial charge in [-0.15, -0.1) is 0 Å². The number of nitrogens with zero attached hydrogens (tertiary/aromatic N) is 2. The first-order chi connectivity index (χ1) is 20.9. The molecule has 4 aliphatic rings. The molecule has 0 N–H and O–H groups in total. The van der Waals surface area contributed by atoms with Crippen molar-refractivity contribution in [1.82, 2.24) is 0 Å². The minimum atomic E-state index is 0.188. The molecule has 3 aliphatic carbocycles. The van der Waals surface area contributed by atoms with Crippen LogP contribution in [0.5, 0.6) is 0 Å². The molecule has 0 saturated heterocycles. The smallest absolute Gasteiger partial charge is 0.0659 e. The third-order valence-corrected chi connectivity index (χ3v) is 9.32. The number of fused-ring (bicyclic) bond motifs is 3. The van der Waals surface area contributed by atoms with Crippen LogP contribution in [0.4, 0.5) is 17.1 Å². The zero-order chi connectivity index (χ0) is 27.6. The van der Waals surface area contributed by atoms with Crippen LogP contribution in [0.25, 0.3) is 33.0 Å². The zero-order valence-corrected chi connectivity index (χ0v) is 23.4. The highest BCUT2D eigenvalue weighted by molar-refractivity contribution is 6.21. The van der Waals surface area contributed by atoms with E-state index in [9.17, 15) is 0 Å². The Balaban J connectivity index is 1.37. The maximum Gasteiger partial charge on any atom is 0.0659 e. The lowest BCUT2D eigenvalue weighted by Gasteiger charge is -2.38. The van der Waals surface area contributed by atoms with Gasteiger partial charge in [-0.05, 0) is 93.9 Å². The summed E-state index contributed by atoms with van der Waals surface area (Å²) in [5, 5.41) is 2.69. The van der Waals surface area contributed by atoms with E-state index in [0.717, 1.165) is 19.3 Å². The van der Waals surface area contributed by atoms with Crippen molar-refractivity contribution in [2.45, 2.75) is 25.3 Å². The van der Waals surface area contributed by atoms with Crippen LogP contribution in [0, 0.1) is 0 Å². The van der Waals surface area contributed by atoms with Gasteiger partial charge in [0.1, 0.15) is 0 Å². The van der Waals surface area contributed by atoms with Crippen LogP contribution in [0.3, 0.4) is 0 Å². The Labute approximate surface area is 246 Å². The highest BCUT2D eigenvalue weighted by Crippen LogP contribution is 2.58. The molecule has 0 amide bonds. The normalized spacial score (nSPS) is 18.0. The summed E-state index contributed by atoms with van der Waals surface area (Å²) in [4.78, 5) is 5.15. The largest absolute Gasteiger partial charge is 0.333 e. The van der Waals surface area contributed by atoms with Crippen molar-refractivity contribution in [2.75, 3.05) is 9.80 Å². The van der Waals surface area contributed by atoms with Gasteiger partial charge in [-0.25, -0.2) is 0 Å². The van der Waals surface area contributed by atoms with E-state index in [1.54, 1.807) is 0 Å². The molecule has 1 heterocycles. The van der Waals surface area contributed by atoms with E-state index in [0.29, 0.717) is 0 Å². The summed E-state index contributed by atoms with van der Waals surface area (Å²) in [5.41, 5.74) is 14.7. The summed E-state index contributed by atoms with van der Waals surface area (Å²) in [5.74, 6) is 0. The number of para-hydroxylation sites is 2. The number of allylic oxidation sites excluding steroid dienone is 6. The third kappa shape index (κ3) is 3.39. The Hall–Kier alpha value is -5.08. The van der Waals surface area contributed by atoms with Gasteiger partial charge in [-0.3, -0.25) is 0 Å². The minimum Gasteiger partial charge on any atom is -0.333 e. The molecule has 5 aromatic rings. The first kappa shape index (κ1) is 23.6. The van der Waals surface area contributed by atoms with Crippen LogP contribution < -0.4 is 9.80 Å². The summed E-state index contributed by atoms with van der Waals surface area (Å²) in [6, 6.07) is 42.6. The van der Waals surface area contributed by atoms with Gasteiger partial charge in [0.05, 0.1) is 11.7 Å². The summed E-state index contributed by atoms with van der Waals surface area (Å²) >= 11 is 0. The third-order valence-electron chi connectivity index (χ3n) is 9.32. The predicted octanol–water partition coefficient (Wildman–Crippen LogP) is 10.3. The van der Waals surface area contributed by atoms with E-state index >= 15 is 0 Å². The Kier molecular flexibility index (Phi) is 5.18. The van der Waals surface area contributed by atoms with E-state index in [-0.39, 0.29) is 6.04 Å². The van der Waals surface area contributed by atoms with E-state index < -0.39 is 0 Å². The average Bonchev–Trinajstić information content (AvgIpc) is 3.34. The first-order valence-electron chi connectivity index (χ1n) is 15.0. The molecule has 0 unspecified atom stereocenters. The van der Waals surface area contributed by atoms with Crippen molar-refractivity contribution in [1.29, 1.82) is 0 Å². The Morgan fingerprint density at radius 3 is 2.24 bits per heavy atom. The maximum absolute atomic E-state index is 2.61. The SMILES string of the molecule is C1=CCCC(N(C2=CC3=C4c5c(ccc6cccc(c56)-c5ccccc53)N(c3ccccc3)[C@@H]4C2)c2ccccc2)=C1. The van der Waals surface area contributed by atoms with E-state index in [4.69, 9.17) is 0 Å². The molecular formula is C40H30N2. The van der Waals surface area contributed by atoms with Gasteiger partial charge >= 0.3 is 0 Å². The lowest BCUT2D eigenvalue weighted by molar-refractivity contribution is 0.762. The average molecular weight is 539 g/mol. The van der Waals surface area contributed by atoms with Crippen LogP contribution in [0.15, 0.2) is 151 Å². The number of rotatable bonds is 4. The molecule has 0 radical (unpaired) electrons. The fourth-order valence-electron chi connectivity index (χ4n) is 7.65. The molecule has 0 bridgehead atoms. The molecule has 42 heavy (non-hydrogen) atoms. The van der Waals surface area contributed by atoms with Crippen molar-refractivity contribution in [3.8, 4) is 11.1 Å². The molecule has 9 rings (SSSR count). The van der Waals surface area contributed by atoms with Crippen LogP contribution in [0.2, 0.25) is 0 Å². The van der Waals surface area contributed by atoms with Gasteiger partial charge in [0.15, 0.2) is 0 Å². The van der Waals surface area contributed by atoms with Gasteiger partial charge in [0.25, 0.3) is 0 Å². The molecule has 0 aromatic heterocycles. The second-order valence-corrected chi connectivity index (χ2v) is 11.6. The molecule has 200 valence electrons. The summed E-state index contributed by atoms with van der Waals surface area (Å²) < 4.78 is 0. The summed E-state index contributed by atoms with van der Waals surface area (Å²) in [6.45, 7) is 0. The number of anilines is 3. The molecule has 5 aromatic carbocycles. The van der Waals surface area contributed by atoms with Gasteiger partial charge in [-0.2, -0.15) is 0 Å². The fraction of sp³-hybridized carbons (Fsp3) is 0.100. The van der Waals surface area contributed by atoms with Crippen molar-refractivity contribution < 1.29 is 0 Å². The summed E-state index contributed by atoms with van der Waals surface area (Å²) in [7, 11) is 0. The van der Waals surface area contributed by atoms with E-state index in [1.807, 2.05) is 0 Å². The van der Waals surface area contributed by atoms with E-state index in [2.05, 4.69) is 149 Å². The van der Waals surface area contributed by atoms with Gasteiger partial charge in [-0.1, -0.05) is 97.1 Å². The van der Waals surface area contributed by atoms with Gasteiger partial charge in [0, 0.05) is 34.8 Å². The van der Waals surface area contributed by atoms with Crippen LogP contribution in [-0.4, -0.2) is 6.04 Å². The molecule has 1 aliphatic heterocycles. The van der Waals surface area contributed by atoms with Gasteiger partial charge < -0.3 is 9.80 Å². The Morgan fingerprint density at radius 1 is 0.667 bits per heavy atom. The van der Waals surface area contributed by atoms with Crippen molar-refractivity contribution >= 4 is 39.0 Å². The predicted molar refractivity (Wildman–Crippen MR) is 177 cm³/mol. The maximum atomic E-state index is 2.61. The van der Waals surface area contributed by atoms with Crippen LogP contribution in [0.1, 0.15) is 30.4 Å². The fourth-order valence-corrected chi connectivity index (χ4v) is 7.65. The van der Waals surface area contributed by atoms with Crippen molar-refractivity contribution in [3.05, 3.63) is 162 Å². The lowest BCUT2D eigenvalue weighted by Crippen LogP contribution is -2.34. The Bertz CT molecular complexity index is 2010. The van der Waals surface area contributed by atoms with Crippen molar-refractivity contribution in [2.24, 2.45) is 0 Å². The van der Waals surface area contributed by atoms with Crippen LogP contribution in [-0.2, 0) is 0 Å². The topological polar surface area (TPSA) is 6.48 Å². The molecule has 2 heteroatoms. The quantitative estimate of drug-likeness (QED) is 0.225. The zero-order valence-electron chi connectivity index (χ0n) is 23.4. The lowest BCUT2D eigenvalue weighted by atomic mass is 9.84. The first-order valence-corrected chi connectivity index (χ1v) is 15.0. The van der Waals surface area contributed by atoms with Crippen molar-refractivity contribution in [3.63, 3.8) is 0 Å². The molecule has 0 fully saturated rings. The highest BCUT2D eigenvalue weighted by Gasteiger charge is 2.43. The van der Waals surface area contributed by atoms with Gasteiger partial charge in [0.2, 0.25) is 0 Å². The van der Waals surface area contributed by atoms with E-state index in [1.165, 1.54) is 72.6 Å². The number of benzene rings is 5. The Morgan fingerprint density at radius 2 is 1.43 bits per heavy atom. The summed E-state index contributed by atoms with van der Waals surface area (Å²) in [6.07, 6.45) is 12.3. The molecule has 1 atom stereocenters. The molecule has 0 saturated carbocycles. The second-order valence-electron chi connectivity index (χ2n) is 11.6. The molecule has 0 spiro atoms. The monoisotopic (exact) mass is 538 g/mol. The number of hydrogen-bond donors (Lipinski definition) is 0. The molecule has 2 nitrogen and oxygen atoms in total. The minimum absolute atomic E-state index is 0.188. The highest BCUT2D eigenvalue weighted by atomic mass is 15.2.